The minimum Gasteiger partial charge on any atom is -0.293 e. The van der Waals surface area contributed by atoms with E-state index >= 15 is 0 Å². The largest absolute Gasteiger partial charge is 0.293 e. The van der Waals surface area contributed by atoms with Gasteiger partial charge in [0, 0.05) is 23.3 Å². The molecule has 2 aromatic carbocycles. The molecule has 1 heterocycles. The fraction of sp³-hybridized carbons (Fsp3) is 0.222. The molecule has 0 aliphatic carbocycles. The van der Waals surface area contributed by atoms with Crippen molar-refractivity contribution in [2.24, 2.45) is 10.2 Å². The van der Waals surface area contributed by atoms with Gasteiger partial charge in [0.05, 0.1) is 48.5 Å². The van der Waals surface area contributed by atoms with Gasteiger partial charge in [-0.15, -0.1) is 0 Å². The van der Waals surface area contributed by atoms with Crippen molar-refractivity contribution in [3.8, 4) is 0 Å². The molecular weight excluding hydrogens is 435 g/mol. The van der Waals surface area contributed by atoms with Gasteiger partial charge >= 0.3 is 0 Å². The second-order valence-electron chi connectivity index (χ2n) is 6.33. The van der Waals surface area contributed by atoms with Gasteiger partial charge in [-0.1, -0.05) is 35.3 Å². The molecule has 1 aliphatic rings. The summed E-state index contributed by atoms with van der Waals surface area (Å²) in [6, 6.07) is 8.99. The number of piperazine rings is 1. The Labute approximate surface area is 181 Å². The Morgan fingerprint density at radius 1 is 0.767 bits per heavy atom. The van der Waals surface area contributed by atoms with Crippen LogP contribution in [0.15, 0.2) is 46.6 Å². The molecule has 0 atom stereocenters. The minimum atomic E-state index is -0.536. The van der Waals surface area contributed by atoms with Gasteiger partial charge in [0.2, 0.25) is 0 Å². The highest BCUT2D eigenvalue weighted by molar-refractivity contribution is 6.33. The van der Waals surface area contributed by atoms with E-state index in [9.17, 15) is 20.2 Å². The molecule has 0 bridgehead atoms. The van der Waals surface area contributed by atoms with Crippen LogP contribution in [0, 0.1) is 20.2 Å². The zero-order valence-electron chi connectivity index (χ0n) is 15.5. The van der Waals surface area contributed by atoms with E-state index in [1.165, 1.54) is 24.3 Å². The lowest BCUT2D eigenvalue weighted by Crippen LogP contribution is -2.41. The van der Waals surface area contributed by atoms with Crippen LogP contribution >= 0.6 is 23.2 Å². The molecule has 2 aromatic rings. The van der Waals surface area contributed by atoms with Crippen LogP contribution < -0.4 is 0 Å². The summed E-state index contributed by atoms with van der Waals surface area (Å²) in [7, 11) is 0. The summed E-state index contributed by atoms with van der Waals surface area (Å²) in [5.41, 5.74) is 0.830. The molecule has 0 radical (unpaired) electrons. The van der Waals surface area contributed by atoms with Crippen LogP contribution in [-0.4, -0.2) is 58.5 Å². The van der Waals surface area contributed by atoms with Crippen molar-refractivity contribution in [3.63, 3.8) is 0 Å². The minimum absolute atomic E-state index is 0.0784. The van der Waals surface area contributed by atoms with E-state index in [0.29, 0.717) is 37.3 Å². The summed E-state index contributed by atoms with van der Waals surface area (Å²) in [5, 5.41) is 34.4. The highest BCUT2D eigenvalue weighted by atomic mass is 35.5. The molecular formula is C18H16Cl2N6O4. The number of hydrazone groups is 2. The molecule has 0 unspecified atom stereocenters. The number of nitro benzene ring substituents is 2. The number of nitro groups is 2. The Kier molecular flexibility index (Phi) is 6.80. The van der Waals surface area contributed by atoms with Crippen molar-refractivity contribution >= 4 is 47.0 Å². The zero-order valence-corrected chi connectivity index (χ0v) is 17.0. The van der Waals surface area contributed by atoms with Gasteiger partial charge in [0.1, 0.15) is 10.0 Å². The Bertz CT molecular complexity index is 940. The van der Waals surface area contributed by atoms with Crippen molar-refractivity contribution in [1.82, 2.24) is 10.0 Å². The van der Waals surface area contributed by atoms with Crippen LogP contribution in [0.4, 0.5) is 11.4 Å². The molecule has 1 aliphatic heterocycles. The third-order valence-electron chi connectivity index (χ3n) is 4.31. The molecule has 0 amide bonds. The summed E-state index contributed by atoms with van der Waals surface area (Å²) in [5.74, 6) is 0. The first-order valence-electron chi connectivity index (χ1n) is 8.79. The molecule has 1 saturated heterocycles. The van der Waals surface area contributed by atoms with Gasteiger partial charge < -0.3 is 0 Å². The predicted octanol–water partition coefficient (Wildman–Crippen LogP) is 3.80. The van der Waals surface area contributed by atoms with Gasteiger partial charge in [0.25, 0.3) is 11.4 Å². The Morgan fingerprint density at radius 2 is 1.13 bits per heavy atom. The SMILES string of the molecule is O=[N+]([O-])c1cc(/C=N\N2CCN(/N=C/c3ccc(Cl)c([N+](=O)[O-])c3)CC2)ccc1Cl. The van der Waals surface area contributed by atoms with Crippen molar-refractivity contribution in [2.75, 3.05) is 26.2 Å². The second-order valence-corrected chi connectivity index (χ2v) is 7.15. The highest BCUT2D eigenvalue weighted by Crippen LogP contribution is 2.25. The smallest absolute Gasteiger partial charge is 0.288 e. The lowest BCUT2D eigenvalue weighted by Gasteiger charge is -2.31. The van der Waals surface area contributed by atoms with E-state index in [1.54, 1.807) is 24.6 Å². The molecule has 3 rings (SSSR count). The van der Waals surface area contributed by atoms with E-state index in [2.05, 4.69) is 10.2 Å². The highest BCUT2D eigenvalue weighted by Gasteiger charge is 2.15. The Hall–Kier alpha value is -3.24. The maximum atomic E-state index is 11.0. The number of hydrogen-bond acceptors (Lipinski definition) is 8. The van der Waals surface area contributed by atoms with Crippen molar-refractivity contribution in [1.29, 1.82) is 0 Å². The van der Waals surface area contributed by atoms with Gasteiger partial charge in [-0.3, -0.25) is 30.2 Å². The monoisotopic (exact) mass is 450 g/mol. The standard InChI is InChI=1S/C18H16Cl2N6O4/c19-15-3-1-13(9-17(15)25(27)28)11-21-23-5-7-24(8-6-23)22-12-14-2-4-16(20)18(10-14)26(29)30/h1-4,9-12H,5-8H2/b21-11-,22-12+. The molecule has 0 aromatic heterocycles. The number of hydrogen-bond donors (Lipinski definition) is 0. The van der Waals surface area contributed by atoms with Crippen LogP contribution in [0.2, 0.25) is 10.0 Å². The Morgan fingerprint density at radius 3 is 1.47 bits per heavy atom. The van der Waals surface area contributed by atoms with Gasteiger partial charge in [-0.25, -0.2) is 0 Å². The maximum Gasteiger partial charge on any atom is 0.288 e. The van der Waals surface area contributed by atoms with Crippen LogP contribution in [0.25, 0.3) is 0 Å². The summed E-state index contributed by atoms with van der Waals surface area (Å²) in [6.07, 6.45) is 3.10. The maximum absolute atomic E-state index is 11.0. The number of rotatable bonds is 6. The quantitative estimate of drug-likeness (QED) is 0.375. The van der Waals surface area contributed by atoms with E-state index in [-0.39, 0.29) is 21.4 Å². The van der Waals surface area contributed by atoms with E-state index in [4.69, 9.17) is 23.2 Å². The van der Waals surface area contributed by atoms with Gasteiger partial charge in [-0.05, 0) is 12.1 Å². The van der Waals surface area contributed by atoms with Crippen molar-refractivity contribution in [2.45, 2.75) is 0 Å². The normalized spacial score (nSPS) is 14.6. The first-order valence-corrected chi connectivity index (χ1v) is 9.55. The molecule has 0 N–H and O–H groups in total. The molecule has 12 heteroatoms. The number of benzene rings is 2. The molecule has 10 nitrogen and oxygen atoms in total. The summed E-state index contributed by atoms with van der Waals surface area (Å²) >= 11 is 11.6. The first kappa shape index (κ1) is 21.5. The van der Waals surface area contributed by atoms with E-state index in [1.807, 2.05) is 10.0 Å². The van der Waals surface area contributed by atoms with E-state index in [0.717, 1.165) is 0 Å². The third kappa shape index (κ3) is 5.43. The summed E-state index contributed by atoms with van der Waals surface area (Å²) in [4.78, 5) is 20.8. The fourth-order valence-corrected chi connectivity index (χ4v) is 3.09. The topological polar surface area (TPSA) is 117 Å². The Balaban J connectivity index is 1.56. The van der Waals surface area contributed by atoms with Gasteiger partial charge in [0.15, 0.2) is 0 Å². The average molecular weight is 451 g/mol. The van der Waals surface area contributed by atoms with Crippen LogP contribution in [0.1, 0.15) is 11.1 Å². The predicted molar refractivity (Wildman–Crippen MR) is 115 cm³/mol. The molecule has 0 spiro atoms. The summed E-state index contributed by atoms with van der Waals surface area (Å²) in [6.45, 7) is 2.41. The van der Waals surface area contributed by atoms with Crippen molar-refractivity contribution < 1.29 is 9.85 Å². The first-order chi connectivity index (χ1) is 14.3. The lowest BCUT2D eigenvalue weighted by atomic mass is 10.2. The van der Waals surface area contributed by atoms with E-state index < -0.39 is 9.85 Å². The third-order valence-corrected chi connectivity index (χ3v) is 4.95. The molecule has 1 fully saturated rings. The molecule has 0 saturated carbocycles. The number of nitrogens with zero attached hydrogens (tertiary/aromatic N) is 6. The van der Waals surface area contributed by atoms with Gasteiger partial charge in [-0.2, -0.15) is 10.2 Å². The van der Waals surface area contributed by atoms with Crippen molar-refractivity contribution in [3.05, 3.63) is 77.8 Å². The fourth-order valence-electron chi connectivity index (χ4n) is 2.71. The average Bonchev–Trinajstić information content (AvgIpc) is 2.73. The molecule has 30 heavy (non-hydrogen) atoms. The zero-order chi connectivity index (χ0) is 21.7. The van der Waals surface area contributed by atoms with Crippen LogP contribution in [0.3, 0.4) is 0 Å². The van der Waals surface area contributed by atoms with Crippen LogP contribution in [-0.2, 0) is 0 Å². The molecule has 156 valence electrons. The number of halogens is 2. The van der Waals surface area contributed by atoms with Crippen LogP contribution in [0.5, 0.6) is 0 Å². The second kappa shape index (κ2) is 9.51. The lowest BCUT2D eigenvalue weighted by molar-refractivity contribution is -0.384. The summed E-state index contributed by atoms with van der Waals surface area (Å²) < 4.78 is 0.